The minimum atomic E-state index is -2.60. The molecule has 9 nitrogen and oxygen atoms in total. The van der Waals surface area contributed by atoms with Gasteiger partial charge in [0.15, 0.2) is 23.6 Å². The van der Waals surface area contributed by atoms with E-state index in [-0.39, 0.29) is 34.6 Å². The fourth-order valence-corrected chi connectivity index (χ4v) is 12.1. The van der Waals surface area contributed by atoms with Crippen LogP contribution in [0.2, 0.25) is 0 Å². The van der Waals surface area contributed by atoms with Crippen LogP contribution in [0.4, 0.5) is 10.3 Å². The van der Waals surface area contributed by atoms with Gasteiger partial charge in [-0.1, -0.05) is 30.5 Å². The molecule has 3 N–H and O–H groups in total. The van der Waals surface area contributed by atoms with E-state index in [1.807, 2.05) is 0 Å². The Hall–Kier alpha value is -1.30. The van der Waals surface area contributed by atoms with E-state index in [2.05, 4.69) is 35.4 Å². The Morgan fingerprint density at radius 2 is 2.35 bits per heavy atom. The summed E-state index contributed by atoms with van der Waals surface area (Å²) in [6.45, 7) is 10.3. The number of halogens is 1. The van der Waals surface area contributed by atoms with E-state index in [1.54, 1.807) is 18.3 Å². The van der Waals surface area contributed by atoms with Crippen LogP contribution in [-0.4, -0.2) is 49.3 Å². The summed E-state index contributed by atoms with van der Waals surface area (Å²) < 4.78 is 35.2. The van der Waals surface area contributed by atoms with Crippen LogP contribution in [0.1, 0.15) is 46.3 Å². The smallest absolute Gasteiger partial charge is 0.280 e. The standard InChI is InChI=1S/C21H29FN5O4PS2/c1-10(2)12-5-6-21(4)14(7-12)31-32(33,34-21)29-8-13-11(3)15(22)19(30-13)27-9-24-16-17(27)25-20(23)26-18(16)28/h9,11-15,19H,1,5-8H2,2-4H3,(H3,23,25,26,28)/t11-,12-,13-,14+,15-,19-,21+,32+/m1/s1. The van der Waals surface area contributed by atoms with Gasteiger partial charge in [0, 0.05) is 10.7 Å². The number of nitrogens with one attached hydrogen (secondary N) is 1. The van der Waals surface area contributed by atoms with E-state index < -0.39 is 35.7 Å². The van der Waals surface area contributed by atoms with Gasteiger partial charge in [-0.3, -0.25) is 14.3 Å². The van der Waals surface area contributed by atoms with Crippen molar-refractivity contribution < 1.29 is 18.2 Å². The van der Waals surface area contributed by atoms with Crippen molar-refractivity contribution >= 4 is 46.0 Å². The first-order valence-electron chi connectivity index (χ1n) is 11.3. The molecule has 3 fully saturated rings. The molecule has 5 rings (SSSR count). The molecule has 34 heavy (non-hydrogen) atoms. The lowest BCUT2D eigenvalue weighted by Gasteiger charge is -2.37. The van der Waals surface area contributed by atoms with Crippen molar-refractivity contribution in [1.82, 2.24) is 19.5 Å². The first-order chi connectivity index (χ1) is 16.0. The van der Waals surface area contributed by atoms with Gasteiger partial charge < -0.3 is 19.5 Å². The van der Waals surface area contributed by atoms with E-state index in [4.69, 9.17) is 31.3 Å². The fourth-order valence-electron chi connectivity index (χ4n) is 4.99. The predicted octanol–water partition coefficient (Wildman–Crippen LogP) is 4.08. The highest BCUT2D eigenvalue weighted by Crippen LogP contribution is 2.75. The number of fused-ring (bicyclic) bond motifs is 2. The van der Waals surface area contributed by atoms with Crippen LogP contribution in [-0.2, 0) is 25.6 Å². The zero-order chi connectivity index (χ0) is 24.4. The number of nitrogen functional groups attached to an aromatic ring is 1. The maximum atomic E-state index is 15.3. The molecule has 186 valence electrons. The van der Waals surface area contributed by atoms with Gasteiger partial charge in [0.25, 0.3) is 5.56 Å². The molecule has 2 aliphatic heterocycles. The Kier molecular flexibility index (Phi) is 6.22. The Morgan fingerprint density at radius 1 is 1.59 bits per heavy atom. The van der Waals surface area contributed by atoms with Crippen LogP contribution in [0.3, 0.4) is 0 Å². The van der Waals surface area contributed by atoms with Gasteiger partial charge in [-0.2, -0.15) is 4.98 Å². The SMILES string of the molecule is C=C(C)[C@@H]1CC[C@]2(C)S[P@@](=S)(OC[C@H]3O[C@@H](n4cnc5c(=O)[nH]c(N)nc54)[C@H](F)[C@@H]3C)O[C@H]2C1. The summed E-state index contributed by atoms with van der Waals surface area (Å²) in [6.07, 6.45) is 1.43. The number of H-pyrrole nitrogens is 1. The molecular formula is C21H29FN5O4PS2. The first kappa shape index (κ1) is 24.4. The minimum absolute atomic E-state index is 0.0225. The highest BCUT2D eigenvalue weighted by Gasteiger charge is 2.54. The second kappa shape index (κ2) is 8.67. The quantitative estimate of drug-likeness (QED) is 0.436. The molecule has 2 saturated heterocycles. The van der Waals surface area contributed by atoms with Crippen molar-refractivity contribution in [2.45, 2.75) is 69.4 Å². The van der Waals surface area contributed by atoms with Crippen molar-refractivity contribution in [3.63, 3.8) is 0 Å². The van der Waals surface area contributed by atoms with Crippen molar-refractivity contribution in [1.29, 1.82) is 0 Å². The lowest BCUT2D eigenvalue weighted by atomic mass is 9.77. The van der Waals surface area contributed by atoms with Crippen LogP contribution in [0, 0.1) is 11.8 Å². The monoisotopic (exact) mass is 529 g/mol. The maximum absolute atomic E-state index is 15.3. The molecule has 1 aliphatic carbocycles. The fraction of sp³-hybridized carbons (Fsp3) is 0.667. The molecule has 13 heteroatoms. The molecule has 4 heterocycles. The number of anilines is 1. The third kappa shape index (κ3) is 4.16. The van der Waals surface area contributed by atoms with Crippen molar-refractivity contribution in [3.05, 3.63) is 28.8 Å². The van der Waals surface area contributed by atoms with E-state index in [1.165, 1.54) is 16.5 Å². The lowest BCUT2D eigenvalue weighted by molar-refractivity contribution is -0.0343. The Bertz CT molecular complexity index is 1240. The van der Waals surface area contributed by atoms with E-state index in [0.717, 1.165) is 19.3 Å². The Morgan fingerprint density at radius 3 is 3.09 bits per heavy atom. The molecule has 3 aliphatic rings. The molecule has 0 radical (unpaired) electrons. The van der Waals surface area contributed by atoms with E-state index in [0.29, 0.717) is 5.92 Å². The number of hydrogen-bond donors (Lipinski definition) is 2. The molecule has 0 bridgehead atoms. The lowest BCUT2D eigenvalue weighted by Crippen LogP contribution is -2.39. The van der Waals surface area contributed by atoms with Gasteiger partial charge >= 0.3 is 0 Å². The number of nitrogens with zero attached hydrogens (tertiary/aromatic N) is 3. The normalized spacial score (nSPS) is 40.0. The number of allylic oxidation sites excluding steroid dienone is 1. The number of ether oxygens (including phenoxy) is 1. The van der Waals surface area contributed by atoms with Crippen LogP contribution in [0.15, 0.2) is 23.3 Å². The topological polar surface area (TPSA) is 117 Å². The van der Waals surface area contributed by atoms with Crippen molar-refractivity contribution in [3.8, 4) is 0 Å². The highest BCUT2D eigenvalue weighted by atomic mass is 32.9. The second-order valence-electron chi connectivity index (χ2n) is 9.70. The highest BCUT2D eigenvalue weighted by molar-refractivity contribution is 8.68. The third-order valence-corrected chi connectivity index (χ3v) is 13.1. The summed E-state index contributed by atoms with van der Waals surface area (Å²) in [5.41, 5.74) is 4.00. The molecule has 2 aromatic heterocycles. The average Bonchev–Trinajstić information content (AvgIpc) is 3.38. The molecule has 1 saturated carbocycles. The number of nitrogens with two attached hydrogens (primary N) is 1. The molecular weight excluding hydrogens is 500 g/mol. The van der Waals surface area contributed by atoms with Gasteiger partial charge in [0.05, 0.1) is 25.1 Å². The van der Waals surface area contributed by atoms with Gasteiger partial charge in [0.2, 0.25) is 11.6 Å². The van der Waals surface area contributed by atoms with Crippen LogP contribution < -0.4 is 11.3 Å². The van der Waals surface area contributed by atoms with Gasteiger partial charge in [-0.15, -0.1) is 0 Å². The Balaban J connectivity index is 1.29. The predicted molar refractivity (Wildman–Crippen MR) is 134 cm³/mol. The largest absolute Gasteiger partial charge is 0.369 e. The van der Waals surface area contributed by atoms with Crippen molar-refractivity contribution in [2.75, 3.05) is 12.3 Å². The van der Waals surface area contributed by atoms with Crippen LogP contribution >= 0.6 is 17.1 Å². The number of hydrogen-bond acceptors (Lipinski definition) is 9. The van der Waals surface area contributed by atoms with Crippen LogP contribution in [0.25, 0.3) is 11.2 Å². The number of rotatable bonds is 5. The van der Waals surface area contributed by atoms with Gasteiger partial charge in [-0.05, 0) is 50.8 Å². The molecule has 0 unspecified atom stereocenters. The van der Waals surface area contributed by atoms with Crippen molar-refractivity contribution in [2.24, 2.45) is 11.8 Å². The first-order valence-corrected chi connectivity index (χ1v) is 15.4. The number of alkyl halides is 1. The summed E-state index contributed by atoms with van der Waals surface area (Å²) in [5.74, 6) is -0.106. The zero-order valence-corrected chi connectivity index (χ0v) is 21.8. The Labute approximate surface area is 205 Å². The molecule has 0 amide bonds. The van der Waals surface area contributed by atoms with Gasteiger partial charge in [-0.25, -0.2) is 9.37 Å². The number of imidazole rings is 1. The summed E-state index contributed by atoms with van der Waals surface area (Å²) in [5, 5.41) is 0. The molecule has 2 aromatic rings. The second-order valence-corrected chi connectivity index (χ2v) is 16.3. The molecule has 8 atom stereocenters. The zero-order valence-electron chi connectivity index (χ0n) is 19.3. The summed E-state index contributed by atoms with van der Waals surface area (Å²) >= 11 is 7.47. The molecule has 0 spiro atoms. The third-order valence-electron chi connectivity index (χ3n) is 7.24. The van der Waals surface area contributed by atoms with E-state index in [9.17, 15) is 4.79 Å². The maximum Gasteiger partial charge on any atom is 0.280 e. The minimum Gasteiger partial charge on any atom is -0.369 e. The van der Waals surface area contributed by atoms with E-state index >= 15 is 4.39 Å². The number of aromatic amines is 1. The summed E-state index contributed by atoms with van der Waals surface area (Å²) in [4.78, 5) is 22.6. The van der Waals surface area contributed by atoms with Gasteiger partial charge in [0.1, 0.15) is 0 Å². The van der Waals surface area contributed by atoms with Crippen LogP contribution in [0.5, 0.6) is 0 Å². The number of aromatic nitrogens is 4. The average molecular weight is 530 g/mol. The summed E-state index contributed by atoms with van der Waals surface area (Å²) in [6, 6.07) is 0. The summed E-state index contributed by atoms with van der Waals surface area (Å²) in [7, 11) is 0. The molecule has 0 aromatic carbocycles.